The highest BCUT2D eigenvalue weighted by atomic mass is 16.6. The zero-order valence-electron chi connectivity index (χ0n) is 9.07. The minimum Gasteiger partial charge on any atom is -0.481 e. The smallest absolute Gasteiger partial charge is 0.303 e. The Balaban J connectivity index is 2.71. The van der Waals surface area contributed by atoms with E-state index in [0.717, 1.165) is 0 Å². The molecule has 1 unspecified atom stereocenters. The van der Waals surface area contributed by atoms with E-state index in [1.807, 2.05) is 0 Å². The third-order valence-electron chi connectivity index (χ3n) is 2.36. The molecule has 0 saturated carbocycles. The fourth-order valence-electron chi connectivity index (χ4n) is 1.54. The van der Waals surface area contributed by atoms with Gasteiger partial charge < -0.3 is 10.2 Å². The molecule has 0 saturated heterocycles. The molecule has 0 aliphatic carbocycles. The van der Waals surface area contributed by atoms with Crippen LogP contribution in [0.25, 0.3) is 0 Å². The highest BCUT2D eigenvalue weighted by molar-refractivity contribution is 5.66. The Morgan fingerprint density at radius 3 is 2.65 bits per heavy atom. The first-order chi connectivity index (χ1) is 8.02. The SMILES string of the molecule is O=C(O)CCCC(O)c1ccccc1[N+](=O)[O-]. The molecule has 0 heterocycles. The Kier molecular flexibility index (Phi) is 4.59. The van der Waals surface area contributed by atoms with Crippen molar-refractivity contribution < 1.29 is 19.9 Å². The van der Waals surface area contributed by atoms with Crippen LogP contribution in [0.3, 0.4) is 0 Å². The van der Waals surface area contributed by atoms with Crippen molar-refractivity contribution in [1.82, 2.24) is 0 Å². The van der Waals surface area contributed by atoms with Gasteiger partial charge in [0.05, 0.1) is 16.6 Å². The van der Waals surface area contributed by atoms with Gasteiger partial charge in [0.2, 0.25) is 0 Å². The molecule has 1 aromatic rings. The molecular weight excluding hydrogens is 226 g/mol. The Morgan fingerprint density at radius 1 is 1.41 bits per heavy atom. The molecule has 0 radical (unpaired) electrons. The van der Waals surface area contributed by atoms with Crippen LogP contribution in [0.4, 0.5) is 5.69 Å². The number of para-hydroxylation sites is 1. The molecule has 0 bridgehead atoms. The highest BCUT2D eigenvalue weighted by Crippen LogP contribution is 2.27. The third kappa shape index (κ3) is 3.84. The summed E-state index contributed by atoms with van der Waals surface area (Å²) in [6.07, 6.45) is -0.590. The van der Waals surface area contributed by atoms with Crippen molar-refractivity contribution in [2.24, 2.45) is 0 Å². The lowest BCUT2D eigenvalue weighted by Crippen LogP contribution is -2.03. The molecule has 6 heteroatoms. The molecule has 1 aromatic carbocycles. The van der Waals surface area contributed by atoms with Gasteiger partial charge in [0.1, 0.15) is 0 Å². The average Bonchev–Trinajstić information content (AvgIpc) is 2.28. The number of carboxylic acids is 1. The van der Waals surface area contributed by atoms with Crippen molar-refractivity contribution in [2.45, 2.75) is 25.4 Å². The van der Waals surface area contributed by atoms with Crippen LogP contribution in [0.2, 0.25) is 0 Å². The van der Waals surface area contributed by atoms with Crippen molar-refractivity contribution in [3.05, 3.63) is 39.9 Å². The van der Waals surface area contributed by atoms with Gasteiger partial charge >= 0.3 is 5.97 Å². The van der Waals surface area contributed by atoms with Gasteiger partial charge in [-0.25, -0.2) is 0 Å². The Morgan fingerprint density at radius 2 is 2.06 bits per heavy atom. The van der Waals surface area contributed by atoms with E-state index in [1.165, 1.54) is 18.2 Å². The zero-order valence-corrected chi connectivity index (χ0v) is 9.07. The zero-order chi connectivity index (χ0) is 12.8. The van der Waals surface area contributed by atoms with Crippen molar-refractivity contribution in [2.75, 3.05) is 0 Å². The molecule has 0 aromatic heterocycles. The minimum absolute atomic E-state index is 0.0578. The number of carboxylic acid groups (broad SMARTS) is 1. The molecule has 0 aliphatic rings. The molecule has 0 fully saturated rings. The van der Waals surface area contributed by atoms with E-state index in [1.54, 1.807) is 6.07 Å². The Labute approximate surface area is 97.7 Å². The van der Waals surface area contributed by atoms with Gasteiger partial charge in [0, 0.05) is 12.5 Å². The van der Waals surface area contributed by atoms with Crippen LogP contribution in [0.15, 0.2) is 24.3 Å². The van der Waals surface area contributed by atoms with Crippen LogP contribution in [0, 0.1) is 10.1 Å². The van der Waals surface area contributed by atoms with E-state index in [4.69, 9.17) is 5.11 Å². The number of nitrogens with zero attached hydrogens (tertiary/aromatic N) is 1. The van der Waals surface area contributed by atoms with Crippen LogP contribution in [-0.2, 0) is 4.79 Å². The molecule has 17 heavy (non-hydrogen) atoms. The van der Waals surface area contributed by atoms with Crippen LogP contribution < -0.4 is 0 Å². The number of hydrogen-bond donors (Lipinski definition) is 2. The molecule has 0 amide bonds. The number of carbonyl (C=O) groups is 1. The fraction of sp³-hybridized carbons (Fsp3) is 0.364. The standard InChI is InChI=1S/C11H13NO5/c13-10(6-3-7-11(14)15)8-4-1-2-5-9(8)12(16)17/h1-2,4-5,10,13H,3,6-7H2,(H,14,15). The van der Waals surface area contributed by atoms with Crippen molar-refractivity contribution in [3.8, 4) is 0 Å². The first-order valence-electron chi connectivity index (χ1n) is 5.15. The van der Waals surface area contributed by atoms with Gasteiger partial charge in [-0.15, -0.1) is 0 Å². The summed E-state index contributed by atoms with van der Waals surface area (Å²) in [5.74, 6) is -0.945. The second-order valence-electron chi connectivity index (χ2n) is 3.62. The second kappa shape index (κ2) is 5.95. The summed E-state index contributed by atoms with van der Waals surface area (Å²) in [5, 5.41) is 28.9. The minimum atomic E-state index is -1.00. The summed E-state index contributed by atoms with van der Waals surface area (Å²) in [6.45, 7) is 0. The summed E-state index contributed by atoms with van der Waals surface area (Å²) in [5.41, 5.74) is 0.0817. The summed E-state index contributed by atoms with van der Waals surface area (Å²) >= 11 is 0. The number of hydrogen-bond acceptors (Lipinski definition) is 4. The molecule has 0 aliphatic heterocycles. The lowest BCUT2D eigenvalue weighted by molar-refractivity contribution is -0.386. The maximum absolute atomic E-state index is 10.7. The topological polar surface area (TPSA) is 101 Å². The van der Waals surface area contributed by atoms with Gasteiger partial charge in [-0.05, 0) is 18.9 Å². The largest absolute Gasteiger partial charge is 0.481 e. The van der Waals surface area contributed by atoms with Crippen molar-refractivity contribution in [3.63, 3.8) is 0 Å². The van der Waals surface area contributed by atoms with E-state index in [-0.39, 0.29) is 30.5 Å². The molecular formula is C11H13NO5. The van der Waals surface area contributed by atoms with Crippen molar-refractivity contribution >= 4 is 11.7 Å². The second-order valence-corrected chi connectivity index (χ2v) is 3.62. The Bertz CT molecular complexity index is 418. The van der Waals surface area contributed by atoms with E-state index in [2.05, 4.69) is 0 Å². The molecule has 0 spiro atoms. The number of nitro benzene ring substituents is 1. The van der Waals surface area contributed by atoms with E-state index in [0.29, 0.717) is 0 Å². The van der Waals surface area contributed by atoms with Gasteiger partial charge in [0.15, 0.2) is 0 Å². The summed E-state index contributed by atoms with van der Waals surface area (Å²) in [6, 6.07) is 5.91. The van der Waals surface area contributed by atoms with Gasteiger partial charge in [-0.1, -0.05) is 12.1 Å². The van der Waals surface area contributed by atoms with Crippen LogP contribution >= 0.6 is 0 Å². The summed E-state index contributed by atoms with van der Waals surface area (Å²) in [4.78, 5) is 20.5. The maximum Gasteiger partial charge on any atom is 0.303 e. The quantitative estimate of drug-likeness (QED) is 0.583. The molecule has 1 rings (SSSR count). The Hall–Kier alpha value is -1.95. The molecule has 2 N–H and O–H groups in total. The van der Waals surface area contributed by atoms with E-state index >= 15 is 0 Å². The van der Waals surface area contributed by atoms with Gasteiger partial charge in [-0.2, -0.15) is 0 Å². The van der Waals surface area contributed by atoms with E-state index in [9.17, 15) is 20.0 Å². The number of aliphatic hydroxyl groups is 1. The number of benzene rings is 1. The van der Waals surface area contributed by atoms with Gasteiger partial charge in [-0.3, -0.25) is 14.9 Å². The highest BCUT2D eigenvalue weighted by Gasteiger charge is 2.19. The number of rotatable bonds is 6. The number of aliphatic hydroxyl groups excluding tert-OH is 1. The molecule has 92 valence electrons. The normalized spacial score (nSPS) is 12.1. The first kappa shape index (κ1) is 13.1. The number of nitro groups is 1. The average molecular weight is 239 g/mol. The monoisotopic (exact) mass is 239 g/mol. The van der Waals surface area contributed by atoms with Crippen LogP contribution in [0.5, 0.6) is 0 Å². The summed E-state index contributed by atoms with van der Waals surface area (Å²) < 4.78 is 0. The lowest BCUT2D eigenvalue weighted by Gasteiger charge is -2.10. The molecule has 1 atom stereocenters. The van der Waals surface area contributed by atoms with Crippen LogP contribution in [0.1, 0.15) is 30.9 Å². The van der Waals surface area contributed by atoms with Gasteiger partial charge in [0.25, 0.3) is 5.69 Å². The third-order valence-corrected chi connectivity index (χ3v) is 2.36. The first-order valence-corrected chi connectivity index (χ1v) is 5.15. The maximum atomic E-state index is 10.7. The van der Waals surface area contributed by atoms with Crippen LogP contribution in [-0.4, -0.2) is 21.1 Å². The van der Waals surface area contributed by atoms with E-state index < -0.39 is 17.0 Å². The fourth-order valence-corrected chi connectivity index (χ4v) is 1.54. The summed E-state index contributed by atoms with van der Waals surface area (Å²) in [7, 11) is 0. The lowest BCUT2D eigenvalue weighted by atomic mass is 10.0. The number of aliphatic carboxylic acids is 1. The van der Waals surface area contributed by atoms with Crippen molar-refractivity contribution in [1.29, 1.82) is 0 Å². The molecule has 6 nitrogen and oxygen atoms in total. The predicted octanol–water partition coefficient (Wildman–Crippen LogP) is 1.88. The predicted molar refractivity (Wildman–Crippen MR) is 59.5 cm³/mol.